The van der Waals surface area contributed by atoms with Gasteiger partial charge in [0.05, 0.1) is 16.9 Å². The van der Waals surface area contributed by atoms with E-state index < -0.39 is 17.8 Å². The van der Waals surface area contributed by atoms with Gasteiger partial charge in [-0.1, -0.05) is 18.2 Å². The number of hydrogen-bond acceptors (Lipinski definition) is 4. The van der Waals surface area contributed by atoms with Gasteiger partial charge in [0, 0.05) is 31.7 Å². The number of amides is 2. The van der Waals surface area contributed by atoms with Crippen LogP contribution in [0.2, 0.25) is 0 Å². The molecule has 2 amide bonds. The van der Waals surface area contributed by atoms with Crippen molar-refractivity contribution < 1.29 is 18.0 Å². The summed E-state index contributed by atoms with van der Waals surface area (Å²) in [6.07, 6.45) is -4.54. The molecular weight excluding hydrogens is 443 g/mol. The van der Waals surface area contributed by atoms with Crippen LogP contribution in [-0.2, 0) is 6.18 Å². The van der Waals surface area contributed by atoms with Crippen molar-refractivity contribution in [1.29, 1.82) is 0 Å². The number of alkyl halides is 3. The minimum Gasteiger partial charge on any atom is -0.352 e. The van der Waals surface area contributed by atoms with E-state index in [1.165, 1.54) is 34.2 Å². The number of aryl methyl sites for hydroxylation is 3. The highest BCUT2D eigenvalue weighted by molar-refractivity contribution is 5.90. The van der Waals surface area contributed by atoms with Crippen molar-refractivity contribution >= 4 is 17.5 Å². The summed E-state index contributed by atoms with van der Waals surface area (Å²) in [6.45, 7) is 7.93. The Morgan fingerprint density at radius 2 is 1.56 bits per heavy atom. The molecule has 2 aromatic carbocycles. The molecule has 0 spiro atoms. The third kappa shape index (κ3) is 4.98. The van der Waals surface area contributed by atoms with E-state index >= 15 is 0 Å². The van der Waals surface area contributed by atoms with Gasteiger partial charge in [0.2, 0.25) is 0 Å². The molecule has 9 heteroatoms. The van der Waals surface area contributed by atoms with Crippen molar-refractivity contribution in [3.05, 3.63) is 70.8 Å². The van der Waals surface area contributed by atoms with Crippen LogP contribution in [0.1, 0.15) is 22.3 Å². The number of piperazine rings is 1. The third-order valence-corrected chi connectivity index (χ3v) is 6.13. The Kier molecular flexibility index (Phi) is 6.45. The van der Waals surface area contributed by atoms with Gasteiger partial charge in [-0.15, -0.1) is 10.2 Å². The highest BCUT2D eigenvalue weighted by Crippen LogP contribution is 2.34. The zero-order valence-corrected chi connectivity index (χ0v) is 19.3. The number of nitrogens with zero attached hydrogens (tertiary/aromatic N) is 4. The maximum absolute atomic E-state index is 13.2. The second kappa shape index (κ2) is 9.32. The molecule has 1 N–H and O–H groups in total. The Bertz CT molecular complexity index is 1190. The van der Waals surface area contributed by atoms with Crippen LogP contribution in [0.5, 0.6) is 0 Å². The van der Waals surface area contributed by atoms with Gasteiger partial charge in [-0.2, -0.15) is 13.2 Å². The average molecular weight is 470 g/mol. The van der Waals surface area contributed by atoms with Crippen LogP contribution >= 0.6 is 0 Å². The van der Waals surface area contributed by atoms with Crippen molar-refractivity contribution in [1.82, 2.24) is 15.1 Å². The molecule has 0 bridgehead atoms. The van der Waals surface area contributed by atoms with E-state index in [-0.39, 0.29) is 5.69 Å². The van der Waals surface area contributed by atoms with Gasteiger partial charge >= 0.3 is 12.2 Å². The van der Waals surface area contributed by atoms with Gasteiger partial charge in [-0.3, -0.25) is 0 Å². The van der Waals surface area contributed by atoms with Crippen molar-refractivity contribution in [2.24, 2.45) is 0 Å². The van der Waals surface area contributed by atoms with Gasteiger partial charge in [0.1, 0.15) is 0 Å². The average Bonchev–Trinajstić information content (AvgIpc) is 2.81. The van der Waals surface area contributed by atoms with Gasteiger partial charge in [-0.25, -0.2) is 4.79 Å². The summed E-state index contributed by atoms with van der Waals surface area (Å²) in [5.74, 6) is 0.702. The minimum absolute atomic E-state index is 0.245. The Morgan fingerprint density at radius 1 is 0.882 bits per heavy atom. The molecule has 0 saturated carbocycles. The van der Waals surface area contributed by atoms with Crippen LogP contribution in [-0.4, -0.2) is 47.3 Å². The van der Waals surface area contributed by atoms with E-state index in [1.807, 2.05) is 17.0 Å². The molecule has 4 rings (SSSR count). The standard InChI is InChI=1S/C25H26F3N5O/c1-16-14-18(3)19(15-17(16)2)21-8-9-23(31-30-21)32-10-12-33(13-11-32)24(34)29-22-7-5-4-6-20(22)25(26,27)28/h4-9,14-15H,10-13H2,1-3H3,(H,29,34). The Hall–Kier alpha value is -3.62. The lowest BCUT2D eigenvalue weighted by Gasteiger charge is -2.35. The number of para-hydroxylation sites is 1. The topological polar surface area (TPSA) is 61.4 Å². The Labute approximate surface area is 196 Å². The summed E-state index contributed by atoms with van der Waals surface area (Å²) in [4.78, 5) is 16.1. The normalized spacial score (nSPS) is 14.3. The van der Waals surface area contributed by atoms with Crippen LogP contribution in [0.25, 0.3) is 11.3 Å². The van der Waals surface area contributed by atoms with Crippen LogP contribution in [0.15, 0.2) is 48.5 Å². The first kappa shape index (κ1) is 23.5. The zero-order chi connectivity index (χ0) is 24.5. The number of halogens is 3. The van der Waals surface area contributed by atoms with E-state index in [0.717, 1.165) is 22.9 Å². The van der Waals surface area contributed by atoms with Crippen molar-refractivity contribution in [3.63, 3.8) is 0 Å². The van der Waals surface area contributed by atoms with Gasteiger partial charge in [0.25, 0.3) is 0 Å². The van der Waals surface area contributed by atoms with Crippen LogP contribution in [0.4, 0.5) is 29.5 Å². The number of aromatic nitrogens is 2. The molecule has 0 radical (unpaired) electrons. The largest absolute Gasteiger partial charge is 0.418 e. The summed E-state index contributed by atoms with van der Waals surface area (Å²) in [7, 11) is 0. The number of rotatable bonds is 3. The summed E-state index contributed by atoms with van der Waals surface area (Å²) >= 11 is 0. The summed E-state index contributed by atoms with van der Waals surface area (Å²) in [5.41, 5.74) is 4.29. The smallest absolute Gasteiger partial charge is 0.352 e. The molecule has 2 heterocycles. The first-order valence-corrected chi connectivity index (χ1v) is 11.0. The number of anilines is 2. The van der Waals surface area contributed by atoms with Crippen molar-refractivity contribution in [2.45, 2.75) is 26.9 Å². The fraction of sp³-hybridized carbons (Fsp3) is 0.320. The number of hydrogen-bond donors (Lipinski definition) is 1. The molecule has 1 fully saturated rings. The molecule has 3 aromatic rings. The monoisotopic (exact) mass is 469 g/mol. The molecule has 1 aliphatic heterocycles. The van der Waals surface area contributed by atoms with Gasteiger partial charge in [0.15, 0.2) is 5.82 Å². The zero-order valence-electron chi connectivity index (χ0n) is 19.3. The maximum Gasteiger partial charge on any atom is 0.418 e. The number of urea groups is 1. The first-order valence-electron chi connectivity index (χ1n) is 11.0. The molecule has 1 aromatic heterocycles. The number of carbonyl (C=O) groups excluding carboxylic acids is 1. The molecule has 0 atom stereocenters. The highest BCUT2D eigenvalue weighted by Gasteiger charge is 2.34. The van der Waals surface area contributed by atoms with Gasteiger partial charge < -0.3 is 15.1 Å². The summed E-state index contributed by atoms with van der Waals surface area (Å²) in [6, 6.07) is 12.5. The second-order valence-corrected chi connectivity index (χ2v) is 8.48. The summed E-state index contributed by atoms with van der Waals surface area (Å²) in [5, 5.41) is 11.2. The Morgan fingerprint density at radius 3 is 2.21 bits per heavy atom. The first-order chi connectivity index (χ1) is 16.1. The lowest BCUT2D eigenvalue weighted by Crippen LogP contribution is -2.50. The lowest BCUT2D eigenvalue weighted by atomic mass is 9.99. The van der Waals surface area contributed by atoms with Crippen molar-refractivity contribution in [3.8, 4) is 11.3 Å². The van der Waals surface area contributed by atoms with E-state index in [4.69, 9.17) is 0 Å². The third-order valence-electron chi connectivity index (χ3n) is 6.13. The summed E-state index contributed by atoms with van der Waals surface area (Å²) < 4.78 is 39.6. The number of carbonyl (C=O) groups is 1. The lowest BCUT2D eigenvalue weighted by molar-refractivity contribution is -0.136. The molecule has 1 saturated heterocycles. The number of nitrogens with one attached hydrogen (secondary N) is 1. The fourth-order valence-electron chi connectivity index (χ4n) is 4.05. The molecule has 178 valence electrons. The fourth-order valence-corrected chi connectivity index (χ4v) is 4.05. The van der Waals surface area contributed by atoms with Crippen LogP contribution in [0.3, 0.4) is 0 Å². The molecular formula is C25H26F3N5O. The van der Waals surface area contributed by atoms with Crippen molar-refractivity contribution in [2.75, 3.05) is 36.4 Å². The Balaban J connectivity index is 1.39. The molecule has 0 unspecified atom stereocenters. The molecule has 0 aliphatic carbocycles. The van der Waals surface area contributed by atoms with Crippen LogP contribution < -0.4 is 10.2 Å². The second-order valence-electron chi connectivity index (χ2n) is 8.48. The maximum atomic E-state index is 13.2. The van der Waals surface area contributed by atoms with Crippen LogP contribution in [0, 0.1) is 20.8 Å². The minimum atomic E-state index is -4.54. The predicted molar refractivity (Wildman–Crippen MR) is 126 cm³/mol. The van der Waals surface area contributed by atoms with E-state index in [9.17, 15) is 18.0 Å². The predicted octanol–water partition coefficient (Wildman–Crippen LogP) is 5.44. The van der Waals surface area contributed by atoms with E-state index in [2.05, 4.69) is 48.4 Å². The quantitative estimate of drug-likeness (QED) is 0.555. The SMILES string of the molecule is Cc1cc(C)c(-c2ccc(N3CCN(C(=O)Nc4ccccc4C(F)(F)F)CC3)nn2)cc1C. The van der Waals surface area contributed by atoms with Gasteiger partial charge in [-0.05, 0) is 67.8 Å². The van der Waals surface area contributed by atoms with E-state index in [1.54, 1.807) is 0 Å². The number of benzene rings is 2. The highest BCUT2D eigenvalue weighted by atomic mass is 19.4. The molecule has 34 heavy (non-hydrogen) atoms. The molecule has 1 aliphatic rings. The van der Waals surface area contributed by atoms with E-state index in [0.29, 0.717) is 32.0 Å². The molecule has 6 nitrogen and oxygen atoms in total.